The van der Waals surface area contributed by atoms with Crippen LogP contribution >= 0.6 is 56.8 Å². The lowest BCUT2D eigenvalue weighted by molar-refractivity contribution is -0.384. The molecule has 0 N–H and O–H groups in total. The van der Waals surface area contributed by atoms with Gasteiger partial charge >= 0.3 is 5.97 Å². The zero-order chi connectivity index (χ0) is 21.3. The maximum atomic E-state index is 12.3. The summed E-state index contributed by atoms with van der Waals surface area (Å²) in [5.41, 5.74) is 0.830. The summed E-state index contributed by atoms with van der Waals surface area (Å²) in [4.78, 5) is 26.9. The third kappa shape index (κ3) is 5.07. The first kappa shape index (κ1) is 22.0. The van der Waals surface area contributed by atoms with Gasteiger partial charge in [0.05, 0.1) is 28.8 Å². The molecule has 2 aromatic rings. The van der Waals surface area contributed by atoms with Gasteiger partial charge in [-0.15, -0.1) is 0 Å². The largest absolute Gasteiger partial charge is 0.489 e. The van der Waals surface area contributed by atoms with Crippen molar-refractivity contribution in [2.45, 2.75) is 20.0 Å². The van der Waals surface area contributed by atoms with Gasteiger partial charge in [0.25, 0.3) is 5.69 Å². The third-order valence-electron chi connectivity index (χ3n) is 3.69. The summed E-state index contributed by atoms with van der Waals surface area (Å²) in [5, 5.41) is 11.2. The minimum Gasteiger partial charge on any atom is -0.489 e. The normalized spacial score (nSPS) is 14.9. The Morgan fingerprint density at radius 3 is 2.48 bits per heavy atom. The standard InChI is InChI=1S/C19H13ClI2N2O5/c1-9(2)28-17-14(21)5-10(6-15(17)22)7-16-19(25)29-18(23-16)12-8-11(24(26)27)3-4-13(12)20/h3-9H,1-2H3/b16-7-. The average Bonchev–Trinajstić information content (AvgIpc) is 2.98. The number of nitro benzene ring substituents is 1. The first-order chi connectivity index (χ1) is 13.7. The highest BCUT2D eigenvalue weighted by atomic mass is 127. The van der Waals surface area contributed by atoms with Crippen molar-refractivity contribution in [3.8, 4) is 5.75 Å². The van der Waals surface area contributed by atoms with E-state index in [0.29, 0.717) is 0 Å². The molecule has 150 valence electrons. The second-order valence-corrected chi connectivity index (χ2v) is 8.97. The van der Waals surface area contributed by atoms with E-state index in [2.05, 4.69) is 50.2 Å². The van der Waals surface area contributed by atoms with Crippen LogP contribution in [-0.4, -0.2) is 22.9 Å². The number of carbonyl (C=O) groups excluding carboxylic acids is 1. The van der Waals surface area contributed by atoms with Crippen molar-refractivity contribution in [2.75, 3.05) is 0 Å². The average molecular weight is 639 g/mol. The molecule has 1 heterocycles. The van der Waals surface area contributed by atoms with E-state index >= 15 is 0 Å². The molecule has 0 spiro atoms. The van der Waals surface area contributed by atoms with Crippen LogP contribution in [0.2, 0.25) is 5.02 Å². The highest BCUT2D eigenvalue weighted by Crippen LogP contribution is 2.32. The van der Waals surface area contributed by atoms with Gasteiger partial charge in [-0.1, -0.05) is 11.6 Å². The van der Waals surface area contributed by atoms with E-state index in [1.54, 1.807) is 6.08 Å². The van der Waals surface area contributed by atoms with Gasteiger partial charge in [0.2, 0.25) is 5.90 Å². The van der Waals surface area contributed by atoms with E-state index in [9.17, 15) is 14.9 Å². The van der Waals surface area contributed by atoms with Crippen LogP contribution in [0.4, 0.5) is 5.69 Å². The molecule has 0 aromatic heterocycles. The third-order valence-corrected chi connectivity index (χ3v) is 5.62. The summed E-state index contributed by atoms with van der Waals surface area (Å²) >= 11 is 10.5. The van der Waals surface area contributed by atoms with Crippen molar-refractivity contribution >= 4 is 80.4 Å². The number of nitrogens with zero attached hydrogens (tertiary/aromatic N) is 2. The molecular formula is C19H13ClI2N2O5. The predicted octanol–water partition coefficient (Wildman–Crippen LogP) is 5.59. The number of carbonyl (C=O) groups is 1. The number of cyclic esters (lactones) is 1. The summed E-state index contributed by atoms with van der Waals surface area (Å²) in [6, 6.07) is 7.60. The molecule has 0 radical (unpaired) electrons. The highest BCUT2D eigenvalue weighted by Gasteiger charge is 2.27. The van der Waals surface area contributed by atoms with Crippen molar-refractivity contribution in [2.24, 2.45) is 4.99 Å². The van der Waals surface area contributed by atoms with Crippen molar-refractivity contribution in [1.29, 1.82) is 0 Å². The lowest BCUT2D eigenvalue weighted by atomic mass is 10.2. The van der Waals surface area contributed by atoms with Crippen molar-refractivity contribution in [3.05, 3.63) is 69.4 Å². The number of non-ortho nitro benzene ring substituents is 1. The van der Waals surface area contributed by atoms with Crippen LogP contribution in [0.15, 0.2) is 41.0 Å². The molecule has 0 amide bonds. The number of hydrogen-bond acceptors (Lipinski definition) is 6. The molecule has 10 heteroatoms. The van der Waals surface area contributed by atoms with Crippen LogP contribution in [0.3, 0.4) is 0 Å². The number of ether oxygens (including phenoxy) is 2. The van der Waals surface area contributed by atoms with Gasteiger partial charge < -0.3 is 9.47 Å². The van der Waals surface area contributed by atoms with Gasteiger partial charge in [-0.25, -0.2) is 9.79 Å². The lowest BCUT2D eigenvalue weighted by Gasteiger charge is -2.14. The van der Waals surface area contributed by atoms with E-state index in [4.69, 9.17) is 21.1 Å². The number of aliphatic imine (C=N–C) groups is 1. The van der Waals surface area contributed by atoms with E-state index in [-0.39, 0.29) is 34.0 Å². The van der Waals surface area contributed by atoms with Crippen molar-refractivity contribution in [3.63, 3.8) is 0 Å². The van der Waals surface area contributed by atoms with Gasteiger partial charge in [-0.05, 0) is 88.9 Å². The van der Waals surface area contributed by atoms with Gasteiger partial charge in [-0.3, -0.25) is 10.1 Å². The highest BCUT2D eigenvalue weighted by molar-refractivity contribution is 14.1. The van der Waals surface area contributed by atoms with Crippen LogP contribution in [-0.2, 0) is 9.53 Å². The topological polar surface area (TPSA) is 91.0 Å². The van der Waals surface area contributed by atoms with Crippen LogP contribution in [0.1, 0.15) is 25.0 Å². The Morgan fingerprint density at radius 2 is 1.90 bits per heavy atom. The molecule has 7 nitrogen and oxygen atoms in total. The maximum absolute atomic E-state index is 12.3. The van der Waals surface area contributed by atoms with Crippen molar-refractivity contribution < 1.29 is 19.2 Å². The summed E-state index contributed by atoms with van der Waals surface area (Å²) in [5.74, 6) is 0.0547. The fourth-order valence-corrected chi connectivity index (χ4v) is 4.75. The summed E-state index contributed by atoms with van der Waals surface area (Å²) < 4.78 is 12.8. The molecule has 1 aliphatic heterocycles. The van der Waals surface area contributed by atoms with E-state index in [0.717, 1.165) is 18.5 Å². The maximum Gasteiger partial charge on any atom is 0.363 e. The van der Waals surface area contributed by atoms with Gasteiger partial charge in [0.1, 0.15) is 5.75 Å². The minimum absolute atomic E-state index is 0.0397. The van der Waals surface area contributed by atoms with Crippen LogP contribution in [0.25, 0.3) is 6.08 Å². The van der Waals surface area contributed by atoms with E-state index in [1.165, 1.54) is 18.2 Å². The van der Waals surface area contributed by atoms with Crippen molar-refractivity contribution in [1.82, 2.24) is 0 Å². The number of nitro groups is 1. The SMILES string of the molecule is CC(C)Oc1c(I)cc(/C=C2\N=C(c3cc([N+](=O)[O-])ccc3Cl)OC2=O)cc1I. The second kappa shape index (κ2) is 8.96. The second-order valence-electron chi connectivity index (χ2n) is 6.24. The monoisotopic (exact) mass is 638 g/mol. The fraction of sp³-hybridized carbons (Fsp3) is 0.158. The molecule has 0 atom stereocenters. The van der Waals surface area contributed by atoms with Crippen LogP contribution in [0, 0.1) is 17.3 Å². The molecule has 0 saturated carbocycles. The Hall–Kier alpha value is -1.73. The molecule has 1 aliphatic rings. The van der Waals surface area contributed by atoms with Gasteiger partial charge in [-0.2, -0.15) is 0 Å². The van der Waals surface area contributed by atoms with Gasteiger partial charge in [0, 0.05) is 12.1 Å². The Morgan fingerprint density at radius 1 is 1.24 bits per heavy atom. The number of hydrogen-bond donors (Lipinski definition) is 0. The molecular weight excluding hydrogens is 625 g/mol. The Kier molecular flexibility index (Phi) is 6.79. The Balaban J connectivity index is 1.98. The molecule has 29 heavy (non-hydrogen) atoms. The molecule has 2 aromatic carbocycles. The molecule has 0 saturated heterocycles. The lowest BCUT2D eigenvalue weighted by Crippen LogP contribution is -2.08. The molecule has 0 fully saturated rings. The number of esters is 1. The summed E-state index contributed by atoms with van der Waals surface area (Å²) in [6.45, 7) is 3.90. The number of halogens is 3. The molecule has 0 aliphatic carbocycles. The fourth-order valence-electron chi connectivity index (χ4n) is 2.48. The smallest absolute Gasteiger partial charge is 0.363 e. The van der Waals surface area contributed by atoms with Crippen LogP contribution < -0.4 is 4.74 Å². The quantitative estimate of drug-likeness (QED) is 0.140. The van der Waals surface area contributed by atoms with Crippen LogP contribution in [0.5, 0.6) is 5.75 Å². The number of rotatable bonds is 5. The summed E-state index contributed by atoms with van der Waals surface area (Å²) in [7, 11) is 0. The first-order valence-corrected chi connectivity index (χ1v) is 10.8. The zero-order valence-corrected chi connectivity index (χ0v) is 20.2. The van der Waals surface area contributed by atoms with E-state index in [1.807, 2.05) is 26.0 Å². The first-order valence-electron chi connectivity index (χ1n) is 8.28. The van der Waals surface area contributed by atoms with Gasteiger partial charge in [0.15, 0.2) is 5.70 Å². The minimum atomic E-state index is -0.657. The molecule has 0 bridgehead atoms. The Labute approximate surface area is 198 Å². The predicted molar refractivity (Wildman–Crippen MR) is 126 cm³/mol. The number of benzene rings is 2. The van der Waals surface area contributed by atoms with E-state index < -0.39 is 10.9 Å². The summed E-state index contributed by atoms with van der Waals surface area (Å²) in [6.07, 6.45) is 1.63. The Bertz CT molecular complexity index is 1060. The zero-order valence-electron chi connectivity index (χ0n) is 15.1. The molecule has 3 rings (SSSR count). The molecule has 0 unspecified atom stereocenters.